The van der Waals surface area contributed by atoms with Crippen LogP contribution in [0.5, 0.6) is 0 Å². The first-order valence-electron chi connectivity index (χ1n) is 13.3. The largest absolute Gasteiger partial charge is 0.192 e. The summed E-state index contributed by atoms with van der Waals surface area (Å²) >= 11 is 0. The zero-order valence-corrected chi connectivity index (χ0v) is 22.5. The molecule has 0 radical (unpaired) electrons. The van der Waals surface area contributed by atoms with Crippen molar-refractivity contribution in [1.29, 1.82) is 5.26 Å². The third kappa shape index (κ3) is 4.78. The average molecular weight is 509 g/mol. The lowest BCUT2D eigenvalue weighted by Gasteiger charge is -2.15. The Morgan fingerprint density at radius 2 is 1.37 bits per heavy atom. The lowest BCUT2D eigenvalue weighted by Crippen LogP contribution is -2.11. The van der Waals surface area contributed by atoms with Gasteiger partial charge in [0.1, 0.15) is 11.5 Å². The molecule has 0 saturated heterocycles. The zero-order valence-electron chi connectivity index (χ0n) is 21.7. The van der Waals surface area contributed by atoms with E-state index >= 15 is 0 Å². The van der Waals surface area contributed by atoms with Gasteiger partial charge in [0, 0.05) is 22.5 Å². The second-order valence-electron chi connectivity index (χ2n) is 9.92. The molecule has 0 fully saturated rings. The molecule has 0 aliphatic heterocycles. The van der Waals surface area contributed by atoms with Crippen LogP contribution in [0.15, 0.2) is 120 Å². The van der Waals surface area contributed by atoms with Crippen LogP contribution in [0.2, 0.25) is 0 Å². The van der Waals surface area contributed by atoms with Crippen LogP contribution in [0.3, 0.4) is 0 Å². The first-order chi connectivity index (χ1) is 18.7. The number of benzene rings is 6. The summed E-state index contributed by atoms with van der Waals surface area (Å²) in [6.45, 7) is 2.27. The van der Waals surface area contributed by atoms with Crippen molar-refractivity contribution in [2.45, 2.75) is 30.4 Å². The van der Waals surface area contributed by atoms with Crippen molar-refractivity contribution < 1.29 is 0 Å². The molecule has 1 nitrogen and oxygen atoms in total. The molecule has 0 heterocycles. The van der Waals surface area contributed by atoms with Gasteiger partial charge in [-0.15, -0.1) is 0 Å². The first kappa shape index (κ1) is 24.3. The second kappa shape index (κ2) is 10.7. The van der Waals surface area contributed by atoms with Gasteiger partial charge in [-0.25, -0.2) is 0 Å². The number of hydrogen-bond acceptors (Lipinski definition) is 1. The average Bonchev–Trinajstić information content (AvgIpc) is 2.97. The lowest BCUT2D eigenvalue weighted by molar-refractivity contribution is 0.891. The molecule has 0 amide bonds. The highest BCUT2D eigenvalue weighted by molar-refractivity contribution is 7.96. The van der Waals surface area contributed by atoms with E-state index in [0.717, 1.165) is 11.3 Å². The van der Waals surface area contributed by atoms with Gasteiger partial charge < -0.3 is 0 Å². The number of rotatable bonds is 7. The molecule has 6 aromatic carbocycles. The summed E-state index contributed by atoms with van der Waals surface area (Å²) in [4.78, 5) is 1.42. The van der Waals surface area contributed by atoms with E-state index in [9.17, 15) is 5.26 Å². The van der Waals surface area contributed by atoms with E-state index in [1.165, 1.54) is 72.5 Å². The highest BCUT2D eigenvalue weighted by Gasteiger charge is 2.23. The summed E-state index contributed by atoms with van der Waals surface area (Å²) in [5, 5.41) is 16.9. The molecule has 0 spiro atoms. The van der Waals surface area contributed by atoms with E-state index in [1.807, 2.05) is 12.1 Å². The SMILES string of the molecule is CCCC[S+](Cc1ccc(C#N)cc1)c1cccc(-c2c3ccccc3cc3cc4ccccc4cc23)c1. The topological polar surface area (TPSA) is 23.8 Å². The molecule has 0 N–H and O–H groups in total. The Kier molecular flexibility index (Phi) is 6.86. The Morgan fingerprint density at radius 1 is 0.658 bits per heavy atom. The van der Waals surface area contributed by atoms with Crippen LogP contribution in [0, 0.1) is 11.3 Å². The molecule has 0 bridgehead atoms. The number of nitrogens with zero attached hydrogens (tertiary/aromatic N) is 1. The monoisotopic (exact) mass is 508 g/mol. The highest BCUT2D eigenvalue weighted by Crippen LogP contribution is 2.39. The summed E-state index contributed by atoms with van der Waals surface area (Å²) in [5.74, 6) is 2.19. The maximum absolute atomic E-state index is 9.20. The van der Waals surface area contributed by atoms with Crippen LogP contribution >= 0.6 is 0 Å². The minimum atomic E-state index is 0.0961. The molecule has 0 aromatic heterocycles. The lowest BCUT2D eigenvalue weighted by atomic mass is 9.90. The molecule has 1 atom stereocenters. The Hall–Kier alpha value is -4.06. The van der Waals surface area contributed by atoms with Gasteiger partial charge in [-0.3, -0.25) is 0 Å². The quantitative estimate of drug-likeness (QED) is 0.155. The van der Waals surface area contributed by atoms with Crippen molar-refractivity contribution in [3.63, 3.8) is 0 Å². The van der Waals surface area contributed by atoms with E-state index in [0.29, 0.717) is 0 Å². The maximum Gasteiger partial charge on any atom is 0.155 e. The first-order valence-corrected chi connectivity index (χ1v) is 14.9. The van der Waals surface area contributed by atoms with Crippen LogP contribution in [0.25, 0.3) is 43.4 Å². The minimum Gasteiger partial charge on any atom is -0.192 e. The standard InChI is InChI=1S/C36H30NS/c1-2-3-19-38(25-27-17-15-26(24-37)16-18-27)33-13-8-12-31(22-33)36-34-14-7-6-11-30(34)21-32-20-28-9-4-5-10-29(28)23-35(32)36/h4-18,20-23H,2-3,19,25H2,1H3/q+1. The van der Waals surface area contributed by atoms with Crippen molar-refractivity contribution in [3.8, 4) is 17.2 Å². The van der Waals surface area contributed by atoms with E-state index < -0.39 is 0 Å². The van der Waals surface area contributed by atoms with Crippen LogP contribution < -0.4 is 0 Å². The number of hydrogen-bond donors (Lipinski definition) is 0. The fraction of sp³-hybridized carbons (Fsp3) is 0.139. The number of fused-ring (bicyclic) bond motifs is 3. The van der Waals surface area contributed by atoms with Crippen LogP contribution in [-0.2, 0) is 16.6 Å². The molecule has 0 saturated carbocycles. The molecule has 1 unspecified atom stereocenters. The van der Waals surface area contributed by atoms with E-state index in [2.05, 4.69) is 116 Å². The highest BCUT2D eigenvalue weighted by atomic mass is 32.2. The molecule has 6 rings (SSSR count). The predicted molar refractivity (Wildman–Crippen MR) is 165 cm³/mol. The normalized spacial score (nSPS) is 12.1. The molecule has 38 heavy (non-hydrogen) atoms. The van der Waals surface area contributed by atoms with E-state index in [-0.39, 0.29) is 10.9 Å². The number of nitriles is 1. The Bertz CT molecular complexity index is 1790. The molecule has 6 aromatic rings. The number of unbranched alkanes of at least 4 members (excludes halogenated alkanes) is 1. The van der Waals surface area contributed by atoms with Gasteiger partial charge in [0.25, 0.3) is 0 Å². The van der Waals surface area contributed by atoms with E-state index in [4.69, 9.17) is 0 Å². The molecule has 0 aliphatic rings. The van der Waals surface area contributed by atoms with Gasteiger partial charge >= 0.3 is 0 Å². The summed E-state index contributed by atoms with van der Waals surface area (Å²) < 4.78 is 0. The summed E-state index contributed by atoms with van der Waals surface area (Å²) in [6, 6.07) is 44.1. The van der Waals surface area contributed by atoms with Gasteiger partial charge in [0.05, 0.1) is 11.6 Å². The van der Waals surface area contributed by atoms with Crippen molar-refractivity contribution >= 4 is 43.2 Å². The summed E-state index contributed by atoms with van der Waals surface area (Å²) in [6.07, 6.45) is 2.41. The van der Waals surface area contributed by atoms with E-state index in [1.54, 1.807) is 0 Å². The van der Waals surface area contributed by atoms with Crippen molar-refractivity contribution in [2.24, 2.45) is 0 Å². The molecular weight excluding hydrogens is 478 g/mol. The molecule has 184 valence electrons. The van der Waals surface area contributed by atoms with Gasteiger partial charge in [-0.1, -0.05) is 86.1 Å². The van der Waals surface area contributed by atoms with Crippen molar-refractivity contribution in [1.82, 2.24) is 0 Å². The Morgan fingerprint density at radius 3 is 2.13 bits per heavy atom. The Labute approximate surface area is 227 Å². The third-order valence-electron chi connectivity index (χ3n) is 7.35. The summed E-state index contributed by atoms with van der Waals surface area (Å²) in [5.41, 5.74) is 4.63. The Balaban J connectivity index is 1.50. The fourth-order valence-electron chi connectivity index (χ4n) is 5.37. The van der Waals surface area contributed by atoms with Gasteiger partial charge in [0.2, 0.25) is 0 Å². The smallest absolute Gasteiger partial charge is 0.155 e. The summed E-state index contributed by atoms with van der Waals surface area (Å²) in [7, 11) is 0.0961. The molecule has 2 heteroatoms. The maximum atomic E-state index is 9.20. The van der Waals surface area contributed by atoms with Gasteiger partial charge in [-0.05, 0) is 86.3 Å². The van der Waals surface area contributed by atoms with Crippen molar-refractivity contribution in [3.05, 3.63) is 126 Å². The van der Waals surface area contributed by atoms with Crippen LogP contribution in [0.4, 0.5) is 0 Å². The predicted octanol–water partition coefficient (Wildman–Crippen LogP) is 9.66. The zero-order chi connectivity index (χ0) is 25.9. The van der Waals surface area contributed by atoms with Gasteiger partial charge in [-0.2, -0.15) is 5.26 Å². The van der Waals surface area contributed by atoms with Crippen LogP contribution in [0.1, 0.15) is 30.9 Å². The second-order valence-corrected chi connectivity index (χ2v) is 12.1. The van der Waals surface area contributed by atoms with Crippen molar-refractivity contribution in [2.75, 3.05) is 5.75 Å². The minimum absolute atomic E-state index is 0.0961. The molecule has 0 aliphatic carbocycles. The fourth-order valence-corrected chi connectivity index (χ4v) is 7.71. The van der Waals surface area contributed by atoms with Crippen LogP contribution in [-0.4, -0.2) is 5.75 Å². The van der Waals surface area contributed by atoms with Gasteiger partial charge in [0.15, 0.2) is 4.90 Å². The molecular formula is C36H30NS+. The third-order valence-corrected chi connectivity index (χ3v) is 9.74.